The lowest BCUT2D eigenvalue weighted by atomic mass is 9.68. The first-order valence-corrected chi connectivity index (χ1v) is 13.6. The molecule has 0 radical (unpaired) electrons. The molecule has 1 heterocycles. The molecule has 40 heavy (non-hydrogen) atoms. The van der Waals surface area contributed by atoms with Crippen molar-refractivity contribution in [2.24, 2.45) is 11.1 Å². The molecule has 0 fully saturated rings. The summed E-state index contributed by atoms with van der Waals surface area (Å²) in [5.41, 5.74) is 12.1. The maximum absolute atomic E-state index is 14.3. The van der Waals surface area contributed by atoms with Crippen LogP contribution in [0, 0.1) is 36.4 Å². The molecule has 1 aliphatic carbocycles. The Bertz CT molecular complexity index is 1620. The Labute approximate surface area is 239 Å². The lowest BCUT2D eigenvalue weighted by Gasteiger charge is -2.44. The zero-order valence-corrected chi connectivity index (χ0v) is 23.8. The van der Waals surface area contributed by atoms with Gasteiger partial charge in [0.05, 0.1) is 23.2 Å². The van der Waals surface area contributed by atoms with Gasteiger partial charge in [-0.1, -0.05) is 49.2 Å². The Balaban J connectivity index is 1.67. The molecule has 0 saturated carbocycles. The summed E-state index contributed by atoms with van der Waals surface area (Å²) in [7, 11) is 0. The number of nitrogens with two attached hydrogens (primary N) is 1. The van der Waals surface area contributed by atoms with Crippen molar-refractivity contribution in [3.63, 3.8) is 0 Å². The van der Waals surface area contributed by atoms with Gasteiger partial charge in [-0.3, -0.25) is 9.69 Å². The first-order valence-electron chi connectivity index (χ1n) is 13.2. The predicted octanol–water partition coefficient (Wildman–Crippen LogP) is 7.62. The van der Waals surface area contributed by atoms with Gasteiger partial charge in [-0.25, -0.2) is 4.39 Å². The highest BCUT2D eigenvalue weighted by atomic mass is 35.5. The molecule has 1 unspecified atom stereocenters. The van der Waals surface area contributed by atoms with Gasteiger partial charge < -0.3 is 10.5 Å². The van der Waals surface area contributed by atoms with E-state index in [0.717, 1.165) is 22.3 Å². The summed E-state index contributed by atoms with van der Waals surface area (Å²) in [6.45, 7) is 8.35. The average molecular weight is 556 g/mol. The van der Waals surface area contributed by atoms with Crippen molar-refractivity contribution in [3.05, 3.63) is 116 Å². The third kappa shape index (κ3) is 5.10. The molecule has 5 nitrogen and oxygen atoms in total. The van der Waals surface area contributed by atoms with E-state index in [9.17, 15) is 14.4 Å². The number of hydrogen-bond donors (Lipinski definition) is 1. The van der Waals surface area contributed by atoms with Gasteiger partial charge in [0.1, 0.15) is 24.0 Å². The van der Waals surface area contributed by atoms with Gasteiger partial charge in [-0.05, 0) is 84.8 Å². The number of ether oxygens (including phenoxy) is 1. The van der Waals surface area contributed by atoms with Crippen LogP contribution in [0.1, 0.15) is 54.9 Å². The third-order valence-electron chi connectivity index (χ3n) is 7.67. The molecule has 0 aromatic heterocycles. The number of anilines is 1. The first kappa shape index (κ1) is 27.5. The molecule has 1 aliphatic heterocycles. The van der Waals surface area contributed by atoms with Crippen LogP contribution in [0.2, 0.25) is 5.02 Å². The number of hydrogen-bond acceptors (Lipinski definition) is 5. The third-order valence-corrected chi connectivity index (χ3v) is 7.92. The van der Waals surface area contributed by atoms with Crippen molar-refractivity contribution >= 4 is 23.1 Å². The van der Waals surface area contributed by atoms with Crippen LogP contribution in [-0.2, 0) is 11.4 Å². The first-order chi connectivity index (χ1) is 19.0. The molecule has 0 spiro atoms. The number of carbonyl (C=O) groups excluding carboxylic acids is 1. The normalized spacial score (nSPS) is 18.5. The van der Waals surface area contributed by atoms with Crippen LogP contribution >= 0.6 is 11.6 Å². The van der Waals surface area contributed by atoms with E-state index in [1.165, 1.54) is 12.1 Å². The van der Waals surface area contributed by atoms with Crippen molar-refractivity contribution in [1.29, 1.82) is 5.26 Å². The topological polar surface area (TPSA) is 79.3 Å². The smallest absolute Gasteiger partial charge is 0.162 e. The van der Waals surface area contributed by atoms with Gasteiger partial charge in [0, 0.05) is 22.7 Å². The summed E-state index contributed by atoms with van der Waals surface area (Å²) in [6.07, 6.45) is 0.896. The second-order valence-corrected chi connectivity index (χ2v) is 11.8. The number of aryl methyl sites for hydroxylation is 1. The zero-order chi connectivity index (χ0) is 28.8. The van der Waals surface area contributed by atoms with Gasteiger partial charge in [-0.2, -0.15) is 5.26 Å². The van der Waals surface area contributed by atoms with Crippen molar-refractivity contribution in [2.45, 2.75) is 53.1 Å². The van der Waals surface area contributed by atoms with Crippen molar-refractivity contribution in [1.82, 2.24) is 0 Å². The van der Waals surface area contributed by atoms with Crippen LogP contribution in [0.25, 0.3) is 0 Å². The minimum absolute atomic E-state index is 0.0298. The molecule has 2 N–H and O–H groups in total. The van der Waals surface area contributed by atoms with Crippen molar-refractivity contribution in [3.8, 4) is 11.8 Å². The summed E-state index contributed by atoms with van der Waals surface area (Å²) in [6, 6.07) is 19.6. The molecule has 0 bridgehead atoms. The summed E-state index contributed by atoms with van der Waals surface area (Å²) in [5, 5.41) is 11.1. The Kier molecular flexibility index (Phi) is 7.20. The van der Waals surface area contributed by atoms with Gasteiger partial charge in [0.15, 0.2) is 5.78 Å². The number of benzene rings is 3. The van der Waals surface area contributed by atoms with E-state index in [-0.39, 0.29) is 22.6 Å². The van der Waals surface area contributed by atoms with Gasteiger partial charge >= 0.3 is 0 Å². The molecule has 5 rings (SSSR count). The standard InChI is InChI=1S/C33H31ClFN3O2/c1-19-12-21(18-40-25-10-8-22(34)9-11-25)20(2)26(13-19)30-27(17-36)32(37)38(24-7-5-6-23(35)14-24)28-15-33(3,4)16-29(39)31(28)30/h5-14,30H,15-16,18,37H2,1-4H3. The zero-order valence-electron chi connectivity index (χ0n) is 23.0. The van der Waals surface area contributed by atoms with E-state index in [4.69, 9.17) is 22.1 Å². The van der Waals surface area contributed by atoms with Gasteiger partial charge in [0.25, 0.3) is 0 Å². The molecule has 0 amide bonds. The highest BCUT2D eigenvalue weighted by Gasteiger charge is 2.45. The quantitative estimate of drug-likeness (QED) is 0.350. The van der Waals surface area contributed by atoms with Crippen LogP contribution in [0.3, 0.4) is 0 Å². The van der Waals surface area contributed by atoms with E-state index in [1.807, 2.05) is 45.9 Å². The second-order valence-electron chi connectivity index (χ2n) is 11.3. The maximum atomic E-state index is 14.3. The fourth-order valence-electron chi connectivity index (χ4n) is 5.84. The van der Waals surface area contributed by atoms with E-state index >= 15 is 0 Å². The lowest BCUT2D eigenvalue weighted by Crippen LogP contribution is -2.42. The highest BCUT2D eigenvalue weighted by Crippen LogP contribution is 2.51. The SMILES string of the molecule is Cc1cc(COc2ccc(Cl)cc2)c(C)c(C2C(C#N)=C(N)N(c3cccc(F)c3)C3=C2C(=O)CC(C)(C)C3)c1. The number of carbonyl (C=O) groups is 1. The van der Waals surface area contributed by atoms with E-state index in [2.05, 4.69) is 12.1 Å². The summed E-state index contributed by atoms with van der Waals surface area (Å²) in [5.74, 6) is -0.191. The number of nitrogens with zero attached hydrogens (tertiary/aromatic N) is 2. The van der Waals surface area contributed by atoms with E-state index in [0.29, 0.717) is 47.2 Å². The molecule has 3 aromatic rings. The molecular weight excluding hydrogens is 525 g/mol. The molecule has 0 saturated heterocycles. The van der Waals surface area contributed by atoms with Crippen molar-refractivity contribution < 1.29 is 13.9 Å². The van der Waals surface area contributed by atoms with Crippen LogP contribution in [-0.4, -0.2) is 5.78 Å². The van der Waals surface area contributed by atoms with Gasteiger partial charge in [0.2, 0.25) is 0 Å². The Hall–Kier alpha value is -4.08. The predicted molar refractivity (Wildman–Crippen MR) is 155 cm³/mol. The van der Waals surface area contributed by atoms with Crippen LogP contribution < -0.4 is 15.4 Å². The fraction of sp³-hybridized carbons (Fsp3) is 0.273. The molecule has 3 aromatic carbocycles. The van der Waals surface area contributed by atoms with Crippen LogP contribution in [0.15, 0.2) is 83.3 Å². The van der Waals surface area contributed by atoms with Crippen molar-refractivity contribution in [2.75, 3.05) is 4.90 Å². The van der Waals surface area contributed by atoms with Crippen LogP contribution in [0.4, 0.5) is 10.1 Å². The summed E-state index contributed by atoms with van der Waals surface area (Å²) in [4.78, 5) is 15.6. The number of rotatable bonds is 5. The maximum Gasteiger partial charge on any atom is 0.162 e. The lowest BCUT2D eigenvalue weighted by molar-refractivity contribution is -0.118. The minimum Gasteiger partial charge on any atom is -0.489 e. The second kappa shape index (κ2) is 10.5. The fourth-order valence-corrected chi connectivity index (χ4v) is 5.96. The molecule has 7 heteroatoms. The van der Waals surface area contributed by atoms with E-state index < -0.39 is 11.7 Å². The number of allylic oxidation sites excluding steroid dienone is 3. The molecule has 2 aliphatic rings. The molecule has 204 valence electrons. The molecule has 1 atom stereocenters. The van der Waals surface area contributed by atoms with Crippen LogP contribution in [0.5, 0.6) is 5.75 Å². The van der Waals surface area contributed by atoms with E-state index in [1.54, 1.807) is 29.2 Å². The number of Topliss-reactive ketones (excluding diaryl/α,β-unsaturated/α-hetero) is 1. The summed E-state index contributed by atoms with van der Waals surface area (Å²) < 4.78 is 20.4. The Morgan fingerprint density at radius 3 is 2.52 bits per heavy atom. The largest absolute Gasteiger partial charge is 0.489 e. The summed E-state index contributed by atoms with van der Waals surface area (Å²) >= 11 is 6.01. The average Bonchev–Trinajstić information content (AvgIpc) is 2.88. The Morgan fingerprint density at radius 2 is 1.85 bits per heavy atom. The van der Waals surface area contributed by atoms with Gasteiger partial charge in [-0.15, -0.1) is 0 Å². The minimum atomic E-state index is -0.636. The number of halogens is 2. The number of nitriles is 1. The Morgan fingerprint density at radius 1 is 1.12 bits per heavy atom. The monoisotopic (exact) mass is 555 g/mol. The highest BCUT2D eigenvalue weighted by molar-refractivity contribution is 6.30. The number of ketones is 1. The molecular formula is C33H31ClFN3O2.